The number of hydrogen-bond donors (Lipinski definition) is 1. The predicted molar refractivity (Wildman–Crippen MR) is 149 cm³/mol. The van der Waals surface area contributed by atoms with Gasteiger partial charge < -0.3 is 15.0 Å². The molecule has 2 aromatic rings. The molecule has 0 aliphatic rings. The third-order valence-electron chi connectivity index (χ3n) is 5.67. The summed E-state index contributed by atoms with van der Waals surface area (Å²) < 4.78 is 31.5. The third kappa shape index (κ3) is 8.67. The summed E-state index contributed by atoms with van der Waals surface area (Å²) in [5, 5.41) is 3.11. The van der Waals surface area contributed by atoms with E-state index < -0.39 is 28.5 Å². The molecule has 0 aliphatic heterocycles. The minimum Gasteiger partial charge on any atom is -0.497 e. The Balaban J connectivity index is 2.46. The van der Waals surface area contributed by atoms with Crippen molar-refractivity contribution in [1.82, 2.24) is 10.2 Å². The monoisotopic (exact) mass is 591 g/mol. The number of methoxy groups -OCH3 is 1. The fourth-order valence-corrected chi connectivity index (χ4v) is 5.20. The van der Waals surface area contributed by atoms with Crippen LogP contribution in [0, 0.1) is 0 Å². The van der Waals surface area contributed by atoms with Crippen LogP contribution >= 0.6 is 34.8 Å². The van der Waals surface area contributed by atoms with Gasteiger partial charge in [0.1, 0.15) is 18.3 Å². The molecule has 2 amide bonds. The van der Waals surface area contributed by atoms with Crippen LogP contribution in [0.4, 0.5) is 5.69 Å². The van der Waals surface area contributed by atoms with Crippen molar-refractivity contribution in [2.24, 2.45) is 0 Å². The van der Waals surface area contributed by atoms with Gasteiger partial charge in [0.15, 0.2) is 0 Å². The van der Waals surface area contributed by atoms with Crippen LogP contribution in [-0.2, 0) is 26.2 Å². The fraction of sp³-hybridized carbons (Fsp3) is 0.440. The maximum Gasteiger partial charge on any atom is 0.244 e. The maximum atomic E-state index is 13.7. The number of unbranched alkanes of at least 4 members (excludes halogenated alkanes) is 1. The topological polar surface area (TPSA) is 96.0 Å². The molecule has 0 spiro atoms. The number of nitrogens with zero attached hydrogens (tertiary/aromatic N) is 2. The number of sulfonamides is 1. The Kier molecular flexibility index (Phi) is 11.8. The van der Waals surface area contributed by atoms with Crippen LogP contribution in [-0.4, -0.2) is 57.6 Å². The molecule has 12 heteroatoms. The number of carbonyl (C=O) groups excluding carboxylic acids is 2. The summed E-state index contributed by atoms with van der Waals surface area (Å²) in [4.78, 5) is 28.2. The normalized spacial score (nSPS) is 12.1. The van der Waals surface area contributed by atoms with Gasteiger partial charge in [-0.1, -0.05) is 67.2 Å². The van der Waals surface area contributed by atoms with Crippen molar-refractivity contribution in [1.29, 1.82) is 0 Å². The van der Waals surface area contributed by atoms with E-state index in [9.17, 15) is 18.0 Å². The van der Waals surface area contributed by atoms with Crippen molar-refractivity contribution in [2.45, 2.75) is 45.7 Å². The fourth-order valence-electron chi connectivity index (χ4n) is 3.65. The number of hydrogen-bond acceptors (Lipinski definition) is 5. The molecule has 0 aliphatic carbocycles. The lowest BCUT2D eigenvalue weighted by Crippen LogP contribution is -2.52. The molecule has 1 atom stereocenters. The van der Waals surface area contributed by atoms with Crippen molar-refractivity contribution in [3.63, 3.8) is 0 Å². The van der Waals surface area contributed by atoms with E-state index in [1.54, 1.807) is 38.3 Å². The van der Waals surface area contributed by atoms with Crippen molar-refractivity contribution >= 4 is 62.3 Å². The van der Waals surface area contributed by atoms with Crippen LogP contribution in [0.1, 0.15) is 38.7 Å². The van der Waals surface area contributed by atoms with Crippen molar-refractivity contribution in [3.8, 4) is 5.75 Å². The van der Waals surface area contributed by atoms with Gasteiger partial charge in [-0.25, -0.2) is 8.42 Å². The Morgan fingerprint density at radius 3 is 2.19 bits per heavy atom. The van der Waals surface area contributed by atoms with Crippen LogP contribution in [0.2, 0.25) is 15.1 Å². The van der Waals surface area contributed by atoms with Crippen molar-refractivity contribution < 1.29 is 22.7 Å². The molecule has 8 nitrogen and oxygen atoms in total. The van der Waals surface area contributed by atoms with E-state index in [0.717, 1.165) is 29.0 Å². The molecule has 0 fully saturated rings. The van der Waals surface area contributed by atoms with E-state index in [0.29, 0.717) is 18.7 Å². The van der Waals surface area contributed by atoms with Crippen LogP contribution < -0.4 is 14.4 Å². The van der Waals surface area contributed by atoms with Gasteiger partial charge in [-0.2, -0.15) is 0 Å². The first-order valence-electron chi connectivity index (χ1n) is 11.7. The summed E-state index contributed by atoms with van der Waals surface area (Å²) in [6.07, 6.45) is 2.99. The molecule has 2 rings (SSSR count). The summed E-state index contributed by atoms with van der Waals surface area (Å²) in [7, 11) is -2.42. The first kappa shape index (κ1) is 31.0. The first-order valence-corrected chi connectivity index (χ1v) is 14.7. The van der Waals surface area contributed by atoms with Gasteiger partial charge in [-0.05, 0) is 42.7 Å². The van der Waals surface area contributed by atoms with Gasteiger partial charge >= 0.3 is 0 Å². The van der Waals surface area contributed by atoms with Crippen LogP contribution in [0.3, 0.4) is 0 Å². The largest absolute Gasteiger partial charge is 0.497 e. The molecule has 0 radical (unpaired) electrons. The Morgan fingerprint density at radius 2 is 1.65 bits per heavy atom. The molecule has 0 unspecified atom stereocenters. The molecule has 204 valence electrons. The number of amides is 2. The molecule has 0 aromatic heterocycles. The third-order valence-corrected chi connectivity index (χ3v) is 7.82. The summed E-state index contributed by atoms with van der Waals surface area (Å²) >= 11 is 18.4. The highest BCUT2D eigenvalue weighted by Gasteiger charge is 2.32. The molecule has 37 heavy (non-hydrogen) atoms. The summed E-state index contributed by atoms with van der Waals surface area (Å²) in [6, 6.07) is 8.85. The number of benzene rings is 2. The number of carbonyl (C=O) groups is 2. The van der Waals surface area contributed by atoms with E-state index in [1.165, 1.54) is 17.0 Å². The molecule has 0 saturated heterocycles. The first-order chi connectivity index (χ1) is 17.4. The predicted octanol–water partition coefficient (Wildman–Crippen LogP) is 5.15. The average Bonchev–Trinajstić information content (AvgIpc) is 2.84. The lowest BCUT2D eigenvalue weighted by molar-refractivity contribution is -0.140. The van der Waals surface area contributed by atoms with Gasteiger partial charge in [-0.3, -0.25) is 13.9 Å². The molecule has 0 saturated carbocycles. The lowest BCUT2D eigenvalue weighted by Gasteiger charge is -2.33. The number of anilines is 1. The Labute approximate surface area is 233 Å². The smallest absolute Gasteiger partial charge is 0.244 e. The zero-order valence-electron chi connectivity index (χ0n) is 21.3. The van der Waals surface area contributed by atoms with Gasteiger partial charge in [0.25, 0.3) is 0 Å². The lowest BCUT2D eigenvalue weighted by atomic mass is 10.1. The summed E-state index contributed by atoms with van der Waals surface area (Å²) in [5.74, 6) is -0.249. The number of rotatable bonds is 13. The Bertz CT molecular complexity index is 1190. The summed E-state index contributed by atoms with van der Waals surface area (Å²) in [6.45, 7) is 3.77. The summed E-state index contributed by atoms with van der Waals surface area (Å²) in [5.41, 5.74) is 0.754. The molecule has 2 aromatic carbocycles. The average molecular weight is 593 g/mol. The van der Waals surface area contributed by atoms with E-state index in [-0.39, 0.29) is 33.2 Å². The zero-order valence-corrected chi connectivity index (χ0v) is 24.3. The van der Waals surface area contributed by atoms with E-state index in [1.807, 2.05) is 6.92 Å². The number of nitrogens with one attached hydrogen (secondary N) is 1. The van der Waals surface area contributed by atoms with Gasteiger partial charge in [0, 0.05) is 13.1 Å². The molecule has 1 N–H and O–H groups in total. The van der Waals surface area contributed by atoms with Gasteiger partial charge in [0.05, 0.1) is 34.1 Å². The quantitative estimate of drug-likeness (QED) is 0.257. The van der Waals surface area contributed by atoms with Crippen LogP contribution in [0.25, 0.3) is 0 Å². The SMILES string of the molecule is CCCCNC(=O)[C@@H](CC)N(Cc1ccc(OC)cc1)C(=O)CN(c1cc(Cl)c(Cl)cc1Cl)S(C)(=O)=O. The second-order valence-corrected chi connectivity index (χ2v) is 11.6. The molecule has 0 heterocycles. The zero-order chi connectivity index (χ0) is 27.8. The van der Waals surface area contributed by atoms with E-state index in [4.69, 9.17) is 39.5 Å². The second kappa shape index (κ2) is 14.1. The highest BCUT2D eigenvalue weighted by Crippen LogP contribution is 2.35. The van der Waals surface area contributed by atoms with Crippen molar-refractivity contribution in [2.75, 3.05) is 30.8 Å². The molecular formula is C25H32Cl3N3O5S. The Morgan fingerprint density at radius 1 is 1.03 bits per heavy atom. The van der Waals surface area contributed by atoms with E-state index >= 15 is 0 Å². The Hall–Kier alpha value is -2.20. The van der Waals surface area contributed by atoms with Gasteiger partial charge in [-0.15, -0.1) is 0 Å². The second-order valence-electron chi connectivity index (χ2n) is 8.43. The number of halogens is 3. The molecule has 0 bridgehead atoms. The number of ether oxygens (including phenoxy) is 1. The van der Waals surface area contributed by atoms with Gasteiger partial charge in [0.2, 0.25) is 21.8 Å². The highest BCUT2D eigenvalue weighted by atomic mass is 35.5. The van der Waals surface area contributed by atoms with Crippen LogP contribution in [0.5, 0.6) is 5.75 Å². The van der Waals surface area contributed by atoms with E-state index in [2.05, 4.69) is 5.32 Å². The maximum absolute atomic E-state index is 13.7. The minimum atomic E-state index is -3.97. The van der Waals surface area contributed by atoms with Crippen molar-refractivity contribution in [3.05, 3.63) is 57.0 Å². The standard InChI is InChI=1S/C25H32Cl3N3O5S/c1-5-7-12-29-25(33)22(6-2)30(15-17-8-10-18(36-3)11-9-17)24(32)16-31(37(4,34)35)23-14-20(27)19(26)13-21(23)28/h8-11,13-14,22H,5-7,12,15-16H2,1-4H3,(H,29,33)/t22-/m1/s1. The van der Waals surface area contributed by atoms with Crippen LogP contribution in [0.15, 0.2) is 36.4 Å². The molecular weight excluding hydrogens is 561 g/mol. The minimum absolute atomic E-state index is 0.0109. The highest BCUT2D eigenvalue weighted by molar-refractivity contribution is 7.92.